The molecule has 1 aliphatic rings. The lowest BCUT2D eigenvalue weighted by Gasteiger charge is -2.12. The van der Waals surface area contributed by atoms with Crippen LogP contribution in [0.5, 0.6) is 0 Å². The van der Waals surface area contributed by atoms with E-state index in [9.17, 15) is 0 Å². The number of nitrogens with zero attached hydrogens (tertiary/aromatic N) is 3. The molecule has 1 aliphatic heterocycles. The van der Waals surface area contributed by atoms with Crippen molar-refractivity contribution in [2.75, 3.05) is 0 Å². The van der Waals surface area contributed by atoms with E-state index in [1.54, 1.807) is 4.68 Å². The van der Waals surface area contributed by atoms with Crippen molar-refractivity contribution in [3.8, 4) is 0 Å². The highest BCUT2D eigenvalue weighted by Crippen LogP contribution is 2.24. The minimum Gasteiger partial charge on any atom is -0.315 e. The van der Waals surface area contributed by atoms with Gasteiger partial charge >= 0.3 is 0 Å². The van der Waals surface area contributed by atoms with Gasteiger partial charge < -0.3 is 5.73 Å². The zero-order valence-corrected chi connectivity index (χ0v) is 7.73. The molecule has 1 fully saturated rings. The summed E-state index contributed by atoms with van der Waals surface area (Å²) in [5.41, 5.74) is 12.8. The highest BCUT2D eigenvalue weighted by molar-refractivity contribution is 5.05. The number of aryl methyl sites for hydroxylation is 1. The van der Waals surface area contributed by atoms with Gasteiger partial charge in [-0.25, -0.2) is 10.9 Å². The van der Waals surface area contributed by atoms with E-state index in [2.05, 4.69) is 28.1 Å². The normalized spacial score (nSPS) is 33.9. The van der Waals surface area contributed by atoms with Crippen molar-refractivity contribution in [3.05, 3.63) is 11.9 Å². The van der Waals surface area contributed by atoms with Crippen molar-refractivity contribution in [3.63, 3.8) is 0 Å². The molecular formula is C7H14N6. The number of nitrogens with two attached hydrogens (primary N) is 1. The third-order valence-corrected chi connectivity index (χ3v) is 2.44. The van der Waals surface area contributed by atoms with E-state index in [0.717, 1.165) is 5.69 Å². The average Bonchev–Trinajstić information content (AvgIpc) is 2.62. The van der Waals surface area contributed by atoms with Gasteiger partial charge in [-0.1, -0.05) is 12.1 Å². The molecule has 0 spiro atoms. The smallest absolute Gasteiger partial charge is 0.101 e. The van der Waals surface area contributed by atoms with Gasteiger partial charge in [0, 0.05) is 19.2 Å². The van der Waals surface area contributed by atoms with Crippen molar-refractivity contribution >= 4 is 0 Å². The van der Waals surface area contributed by atoms with Gasteiger partial charge in [0.1, 0.15) is 5.69 Å². The van der Waals surface area contributed by atoms with Gasteiger partial charge in [0.05, 0.1) is 12.2 Å². The Morgan fingerprint density at radius 1 is 1.54 bits per heavy atom. The first-order valence-corrected chi connectivity index (χ1v) is 4.31. The second-order valence-corrected chi connectivity index (χ2v) is 3.47. The third kappa shape index (κ3) is 1.43. The first-order valence-electron chi connectivity index (χ1n) is 4.31. The minimum absolute atomic E-state index is 0.0213. The van der Waals surface area contributed by atoms with Gasteiger partial charge in [0.25, 0.3) is 0 Å². The molecule has 0 amide bonds. The van der Waals surface area contributed by atoms with E-state index >= 15 is 0 Å². The zero-order chi connectivity index (χ0) is 9.42. The van der Waals surface area contributed by atoms with Crippen molar-refractivity contribution in [2.45, 2.75) is 19.1 Å². The molecule has 0 radical (unpaired) electrons. The molecule has 13 heavy (non-hydrogen) atoms. The van der Waals surface area contributed by atoms with E-state index in [1.807, 2.05) is 13.2 Å². The van der Waals surface area contributed by atoms with E-state index in [-0.39, 0.29) is 12.2 Å². The van der Waals surface area contributed by atoms with Crippen molar-refractivity contribution in [2.24, 2.45) is 18.7 Å². The highest BCUT2D eigenvalue weighted by Gasteiger charge is 2.32. The molecule has 72 valence electrons. The molecule has 6 heteroatoms. The van der Waals surface area contributed by atoms with Crippen LogP contribution >= 0.6 is 0 Å². The molecule has 0 aliphatic carbocycles. The van der Waals surface area contributed by atoms with Crippen LogP contribution in [0, 0.1) is 5.92 Å². The molecular weight excluding hydrogens is 168 g/mol. The summed E-state index contributed by atoms with van der Waals surface area (Å²) in [7, 11) is 1.85. The van der Waals surface area contributed by atoms with E-state index in [4.69, 9.17) is 5.73 Å². The van der Waals surface area contributed by atoms with Crippen molar-refractivity contribution in [1.29, 1.82) is 0 Å². The Bertz CT molecular complexity index is 295. The van der Waals surface area contributed by atoms with Crippen LogP contribution in [0.3, 0.4) is 0 Å². The summed E-state index contributed by atoms with van der Waals surface area (Å²) < 4.78 is 1.69. The fraction of sp³-hybridized carbons (Fsp3) is 0.714. The summed E-state index contributed by atoms with van der Waals surface area (Å²) in [4.78, 5) is 0. The van der Waals surface area contributed by atoms with Gasteiger partial charge in [-0.05, 0) is 0 Å². The van der Waals surface area contributed by atoms with Crippen molar-refractivity contribution in [1.82, 2.24) is 25.8 Å². The maximum Gasteiger partial charge on any atom is 0.101 e. The summed E-state index contributed by atoms with van der Waals surface area (Å²) in [6.45, 7) is 2.08. The Balaban J connectivity index is 2.18. The standard InChI is InChI=1S/C7H14N6/c1-4-6(10-11-7(4)8)5-3-13(2)12-9-5/h3-4,6-7,10-11H,8H2,1-2H3. The molecule has 0 aromatic carbocycles. The van der Waals surface area contributed by atoms with Gasteiger partial charge in [-0.3, -0.25) is 4.68 Å². The molecule has 0 bridgehead atoms. The summed E-state index contributed by atoms with van der Waals surface area (Å²) in [5, 5.41) is 7.92. The predicted octanol–water partition coefficient (Wildman–Crippen LogP) is -1.12. The first-order chi connectivity index (χ1) is 6.18. The average molecular weight is 182 g/mol. The minimum atomic E-state index is -0.0213. The molecule has 1 aromatic heterocycles. The van der Waals surface area contributed by atoms with Crippen LogP contribution in [0.4, 0.5) is 0 Å². The molecule has 3 atom stereocenters. The van der Waals surface area contributed by atoms with Crippen LogP contribution in [-0.2, 0) is 7.05 Å². The molecule has 3 unspecified atom stereocenters. The quantitative estimate of drug-likeness (QED) is 0.513. The Hall–Kier alpha value is -0.980. The van der Waals surface area contributed by atoms with Gasteiger partial charge in [-0.2, -0.15) is 0 Å². The largest absolute Gasteiger partial charge is 0.315 e. The Labute approximate surface area is 76.5 Å². The number of nitrogens with one attached hydrogen (secondary N) is 2. The number of hydrogen-bond donors (Lipinski definition) is 3. The molecule has 1 saturated heterocycles. The Morgan fingerprint density at radius 3 is 2.77 bits per heavy atom. The van der Waals surface area contributed by atoms with E-state index < -0.39 is 0 Å². The summed E-state index contributed by atoms with van der Waals surface area (Å²) in [6, 6.07) is 0.156. The molecule has 4 N–H and O–H groups in total. The van der Waals surface area contributed by atoms with E-state index in [0.29, 0.717) is 5.92 Å². The highest BCUT2D eigenvalue weighted by atomic mass is 15.5. The predicted molar refractivity (Wildman–Crippen MR) is 47.2 cm³/mol. The molecule has 2 heterocycles. The fourth-order valence-electron chi connectivity index (χ4n) is 1.51. The molecule has 2 rings (SSSR count). The molecule has 6 nitrogen and oxygen atoms in total. The van der Waals surface area contributed by atoms with Crippen LogP contribution in [0.15, 0.2) is 6.20 Å². The maximum atomic E-state index is 5.78. The second-order valence-electron chi connectivity index (χ2n) is 3.47. The lowest BCUT2D eigenvalue weighted by molar-refractivity contribution is 0.456. The molecule has 0 saturated carbocycles. The summed E-state index contributed by atoms with van der Waals surface area (Å²) in [6.07, 6.45) is 1.88. The monoisotopic (exact) mass is 182 g/mol. The van der Waals surface area contributed by atoms with Gasteiger partial charge in [-0.15, -0.1) is 5.10 Å². The maximum absolute atomic E-state index is 5.78. The van der Waals surface area contributed by atoms with E-state index in [1.165, 1.54) is 0 Å². The van der Waals surface area contributed by atoms with Crippen LogP contribution in [0.25, 0.3) is 0 Å². The lowest BCUT2D eigenvalue weighted by atomic mass is 10.00. The fourth-order valence-corrected chi connectivity index (χ4v) is 1.51. The first kappa shape index (κ1) is 8.61. The summed E-state index contributed by atoms with van der Waals surface area (Å²) in [5.74, 6) is 0.316. The third-order valence-electron chi connectivity index (χ3n) is 2.44. The number of hydrogen-bond acceptors (Lipinski definition) is 5. The van der Waals surface area contributed by atoms with Crippen LogP contribution in [-0.4, -0.2) is 21.2 Å². The topological polar surface area (TPSA) is 80.8 Å². The SMILES string of the molecule is CC1C(N)NNC1c1cn(C)nn1. The number of aromatic nitrogens is 3. The second kappa shape index (κ2) is 3.06. The Kier molecular flexibility index (Phi) is 2.03. The van der Waals surface area contributed by atoms with Crippen LogP contribution < -0.4 is 16.6 Å². The Morgan fingerprint density at radius 2 is 2.31 bits per heavy atom. The van der Waals surface area contributed by atoms with Crippen LogP contribution in [0.2, 0.25) is 0 Å². The number of rotatable bonds is 1. The van der Waals surface area contributed by atoms with Gasteiger partial charge in [0.2, 0.25) is 0 Å². The number of hydrazine groups is 1. The van der Waals surface area contributed by atoms with Crippen molar-refractivity contribution < 1.29 is 0 Å². The zero-order valence-electron chi connectivity index (χ0n) is 7.73. The van der Waals surface area contributed by atoms with Gasteiger partial charge in [0.15, 0.2) is 0 Å². The summed E-state index contributed by atoms with van der Waals surface area (Å²) >= 11 is 0. The van der Waals surface area contributed by atoms with Crippen LogP contribution in [0.1, 0.15) is 18.7 Å². The lowest BCUT2D eigenvalue weighted by Crippen LogP contribution is -2.38. The molecule has 1 aromatic rings.